The fourth-order valence-electron chi connectivity index (χ4n) is 1.75. The Morgan fingerprint density at radius 2 is 1.89 bits per heavy atom. The SMILES string of the molecule is CCC=C(C)C(=O)NC(C)(C(=O)O)c1ccccc1. The Morgan fingerprint density at radius 3 is 2.37 bits per heavy atom. The van der Waals surface area contributed by atoms with Crippen LogP contribution in [-0.4, -0.2) is 17.0 Å². The summed E-state index contributed by atoms with van der Waals surface area (Å²) >= 11 is 0. The third-order valence-corrected chi connectivity index (χ3v) is 3.01. The van der Waals surface area contributed by atoms with E-state index in [9.17, 15) is 14.7 Å². The highest BCUT2D eigenvalue weighted by atomic mass is 16.4. The molecular formula is C15H19NO3. The van der Waals surface area contributed by atoms with Crippen LogP contribution in [0.25, 0.3) is 0 Å². The fourth-order valence-corrected chi connectivity index (χ4v) is 1.75. The average molecular weight is 261 g/mol. The zero-order valence-corrected chi connectivity index (χ0v) is 11.4. The molecule has 0 radical (unpaired) electrons. The largest absolute Gasteiger partial charge is 0.479 e. The van der Waals surface area contributed by atoms with Gasteiger partial charge in [-0.3, -0.25) is 4.79 Å². The second-order valence-electron chi connectivity index (χ2n) is 4.55. The summed E-state index contributed by atoms with van der Waals surface area (Å²) in [5.41, 5.74) is -0.368. The number of amides is 1. The molecule has 0 saturated heterocycles. The van der Waals surface area contributed by atoms with Crippen molar-refractivity contribution in [2.75, 3.05) is 0 Å². The lowest BCUT2D eigenvalue weighted by Crippen LogP contribution is -2.49. The van der Waals surface area contributed by atoms with Gasteiger partial charge in [-0.15, -0.1) is 0 Å². The first-order valence-corrected chi connectivity index (χ1v) is 6.20. The molecule has 4 heteroatoms. The van der Waals surface area contributed by atoms with Gasteiger partial charge >= 0.3 is 5.97 Å². The molecule has 0 heterocycles. The number of carboxylic acid groups (broad SMARTS) is 1. The van der Waals surface area contributed by atoms with Crippen LogP contribution in [0.3, 0.4) is 0 Å². The third-order valence-electron chi connectivity index (χ3n) is 3.01. The van der Waals surface area contributed by atoms with E-state index in [2.05, 4.69) is 5.32 Å². The summed E-state index contributed by atoms with van der Waals surface area (Å²) in [6.45, 7) is 5.08. The summed E-state index contributed by atoms with van der Waals surface area (Å²) in [5.74, 6) is -1.45. The van der Waals surface area contributed by atoms with E-state index in [0.29, 0.717) is 11.1 Å². The number of carboxylic acids is 1. The third kappa shape index (κ3) is 3.44. The van der Waals surface area contributed by atoms with Crippen LogP contribution in [0.5, 0.6) is 0 Å². The summed E-state index contributed by atoms with van der Waals surface area (Å²) in [4.78, 5) is 23.5. The van der Waals surface area contributed by atoms with Gasteiger partial charge in [0, 0.05) is 5.57 Å². The molecule has 1 aromatic carbocycles. The molecule has 0 fully saturated rings. The summed E-state index contributed by atoms with van der Waals surface area (Å²) < 4.78 is 0. The summed E-state index contributed by atoms with van der Waals surface area (Å²) in [6, 6.07) is 8.67. The quantitative estimate of drug-likeness (QED) is 0.800. The van der Waals surface area contributed by atoms with Gasteiger partial charge in [0.1, 0.15) is 0 Å². The van der Waals surface area contributed by atoms with Crippen LogP contribution in [0, 0.1) is 0 Å². The van der Waals surface area contributed by atoms with E-state index in [-0.39, 0.29) is 5.91 Å². The number of hydrogen-bond donors (Lipinski definition) is 2. The Morgan fingerprint density at radius 1 is 1.32 bits per heavy atom. The Kier molecular flexibility index (Phi) is 4.87. The van der Waals surface area contributed by atoms with E-state index in [1.165, 1.54) is 6.92 Å². The Balaban J connectivity index is 3.06. The number of rotatable bonds is 5. The zero-order valence-electron chi connectivity index (χ0n) is 11.4. The Hall–Kier alpha value is -2.10. The predicted octanol–water partition coefficient (Wildman–Crippen LogP) is 2.46. The molecule has 0 bridgehead atoms. The van der Waals surface area contributed by atoms with Gasteiger partial charge in [0.05, 0.1) is 0 Å². The number of allylic oxidation sites excluding steroid dienone is 1. The van der Waals surface area contributed by atoms with Crippen LogP contribution in [0.15, 0.2) is 42.0 Å². The topological polar surface area (TPSA) is 66.4 Å². The molecule has 0 spiro atoms. The van der Waals surface area contributed by atoms with Gasteiger partial charge in [-0.05, 0) is 25.8 Å². The summed E-state index contributed by atoms with van der Waals surface area (Å²) in [7, 11) is 0. The second-order valence-corrected chi connectivity index (χ2v) is 4.55. The minimum absolute atomic E-state index is 0.365. The molecule has 4 nitrogen and oxygen atoms in total. The molecule has 0 aliphatic carbocycles. The van der Waals surface area contributed by atoms with Crippen LogP contribution in [0.2, 0.25) is 0 Å². The first kappa shape index (κ1) is 15.0. The maximum absolute atomic E-state index is 12.0. The van der Waals surface area contributed by atoms with Crippen molar-refractivity contribution in [1.82, 2.24) is 5.32 Å². The second kappa shape index (κ2) is 6.18. The standard InChI is InChI=1S/C15H19NO3/c1-4-8-11(2)13(17)16-15(3,14(18)19)12-9-6-5-7-10-12/h5-10H,4H2,1-3H3,(H,16,17)(H,18,19). The molecule has 19 heavy (non-hydrogen) atoms. The van der Waals surface area contributed by atoms with Crippen molar-refractivity contribution in [2.45, 2.75) is 32.7 Å². The van der Waals surface area contributed by atoms with Gasteiger partial charge < -0.3 is 10.4 Å². The van der Waals surface area contributed by atoms with Crippen LogP contribution in [0.1, 0.15) is 32.8 Å². The van der Waals surface area contributed by atoms with Crippen molar-refractivity contribution in [3.05, 3.63) is 47.5 Å². The van der Waals surface area contributed by atoms with Gasteiger partial charge in [-0.25, -0.2) is 4.79 Å². The smallest absolute Gasteiger partial charge is 0.333 e. The average Bonchev–Trinajstić information content (AvgIpc) is 2.39. The lowest BCUT2D eigenvalue weighted by atomic mass is 9.91. The van der Waals surface area contributed by atoms with Gasteiger partial charge in [0.25, 0.3) is 0 Å². The molecule has 0 aliphatic heterocycles. The molecule has 0 saturated carbocycles. The maximum atomic E-state index is 12.0. The van der Waals surface area contributed by atoms with Gasteiger partial charge in [-0.2, -0.15) is 0 Å². The molecule has 1 rings (SSSR count). The van der Waals surface area contributed by atoms with Crippen LogP contribution in [0.4, 0.5) is 0 Å². The van der Waals surface area contributed by atoms with E-state index < -0.39 is 11.5 Å². The van der Waals surface area contributed by atoms with Crippen LogP contribution in [-0.2, 0) is 15.1 Å². The molecule has 1 atom stereocenters. The normalized spacial score (nSPS) is 14.6. The Bertz CT molecular complexity index is 493. The van der Waals surface area contributed by atoms with Gasteiger partial charge in [0.2, 0.25) is 5.91 Å². The van der Waals surface area contributed by atoms with E-state index in [4.69, 9.17) is 0 Å². The minimum atomic E-state index is -1.43. The number of aliphatic carboxylic acids is 1. The van der Waals surface area contributed by atoms with Crippen molar-refractivity contribution >= 4 is 11.9 Å². The molecule has 1 aromatic rings. The van der Waals surface area contributed by atoms with Gasteiger partial charge in [-0.1, -0.05) is 43.3 Å². The number of carbonyl (C=O) groups excluding carboxylic acids is 1. The summed E-state index contributed by atoms with van der Waals surface area (Å²) in [6.07, 6.45) is 2.50. The molecule has 0 aromatic heterocycles. The number of carbonyl (C=O) groups is 2. The highest BCUT2D eigenvalue weighted by Gasteiger charge is 2.36. The predicted molar refractivity (Wildman–Crippen MR) is 73.6 cm³/mol. The lowest BCUT2D eigenvalue weighted by Gasteiger charge is -2.27. The van der Waals surface area contributed by atoms with Crippen molar-refractivity contribution in [1.29, 1.82) is 0 Å². The molecule has 102 valence electrons. The first-order valence-electron chi connectivity index (χ1n) is 6.20. The molecule has 0 aliphatic rings. The molecule has 1 amide bonds. The fraction of sp³-hybridized carbons (Fsp3) is 0.333. The van der Waals surface area contributed by atoms with Crippen molar-refractivity contribution in [3.63, 3.8) is 0 Å². The van der Waals surface area contributed by atoms with E-state index in [1.807, 2.05) is 6.92 Å². The minimum Gasteiger partial charge on any atom is -0.479 e. The van der Waals surface area contributed by atoms with Crippen LogP contribution < -0.4 is 5.32 Å². The van der Waals surface area contributed by atoms with Crippen molar-refractivity contribution < 1.29 is 14.7 Å². The lowest BCUT2D eigenvalue weighted by molar-refractivity contribution is -0.146. The van der Waals surface area contributed by atoms with Crippen LogP contribution >= 0.6 is 0 Å². The molecule has 2 N–H and O–H groups in total. The summed E-state index contributed by atoms with van der Waals surface area (Å²) in [5, 5.41) is 12.0. The molecular weight excluding hydrogens is 242 g/mol. The van der Waals surface area contributed by atoms with E-state index in [0.717, 1.165) is 6.42 Å². The highest BCUT2D eigenvalue weighted by molar-refractivity contribution is 5.97. The van der Waals surface area contributed by atoms with Gasteiger partial charge in [0.15, 0.2) is 5.54 Å². The van der Waals surface area contributed by atoms with Crippen molar-refractivity contribution in [3.8, 4) is 0 Å². The van der Waals surface area contributed by atoms with E-state index in [1.54, 1.807) is 43.3 Å². The zero-order chi connectivity index (χ0) is 14.5. The first-order chi connectivity index (χ1) is 8.91. The number of hydrogen-bond acceptors (Lipinski definition) is 2. The number of nitrogens with one attached hydrogen (secondary N) is 1. The highest BCUT2D eigenvalue weighted by Crippen LogP contribution is 2.21. The number of benzene rings is 1. The monoisotopic (exact) mass is 261 g/mol. The Labute approximate surface area is 113 Å². The van der Waals surface area contributed by atoms with Crippen molar-refractivity contribution in [2.24, 2.45) is 0 Å². The molecule has 1 unspecified atom stereocenters. The van der Waals surface area contributed by atoms with E-state index >= 15 is 0 Å². The maximum Gasteiger partial charge on any atom is 0.333 e.